The third-order valence-electron chi connectivity index (χ3n) is 10.3. The number of carbonyl (C=O) groups is 1. The predicted molar refractivity (Wildman–Crippen MR) is 173 cm³/mol. The van der Waals surface area contributed by atoms with E-state index in [9.17, 15) is 9.90 Å². The molecule has 0 radical (unpaired) electrons. The molecule has 2 unspecified atom stereocenters. The Labute approximate surface area is 256 Å². The van der Waals surface area contributed by atoms with Crippen LogP contribution in [0.4, 0.5) is 0 Å². The van der Waals surface area contributed by atoms with Gasteiger partial charge in [0.1, 0.15) is 5.72 Å². The number of allylic oxidation sites excluding steroid dienone is 4. The summed E-state index contributed by atoms with van der Waals surface area (Å²) >= 11 is 0. The minimum atomic E-state index is -0.926. The number of ether oxygens (including phenoxy) is 2. The maximum Gasteiger partial charge on any atom is 0.224 e. The molecule has 3 aliphatic rings. The second-order valence-electron chi connectivity index (χ2n) is 14.7. The minimum absolute atomic E-state index is 0.0896. The van der Waals surface area contributed by atoms with Crippen LogP contribution >= 0.6 is 0 Å². The first-order chi connectivity index (χ1) is 19.7. The average molecular weight is 587 g/mol. The van der Waals surface area contributed by atoms with Gasteiger partial charge in [0.2, 0.25) is 5.91 Å². The number of carbonyl (C=O) groups excluding carboxylic acids is 1. The number of fused-ring (bicyclic) bond motifs is 1. The van der Waals surface area contributed by atoms with Gasteiger partial charge in [-0.05, 0) is 121 Å². The standard InChI is InChI=1S/C36H62N2O4/c1-8-42-36(7,37)25-33(39)38-22-11-23-41-30-17-14-26(2)29(24-30)16-15-28-13-10-21-35(6)31(18-19-32(28)35)27(3)12-9-20-34(4,5)40/h15-16,27,30-32,40H,2,8-14,17-25,37H2,1,3-7H3,(H,38,39)/b28-15+,29-16-/t27-,30+,31?,32+,35-,36?/m1/s1. The Morgan fingerprint density at radius 2 is 1.98 bits per heavy atom. The first kappa shape index (κ1) is 35.0. The monoisotopic (exact) mass is 586 g/mol. The van der Waals surface area contributed by atoms with E-state index in [1.807, 2.05) is 20.8 Å². The molecule has 3 fully saturated rings. The van der Waals surface area contributed by atoms with Crippen LogP contribution in [-0.4, -0.2) is 48.2 Å². The fourth-order valence-corrected chi connectivity index (χ4v) is 8.11. The van der Waals surface area contributed by atoms with E-state index in [1.165, 1.54) is 49.7 Å². The van der Waals surface area contributed by atoms with Crippen molar-refractivity contribution in [1.82, 2.24) is 5.32 Å². The summed E-state index contributed by atoms with van der Waals surface area (Å²) in [5, 5.41) is 13.1. The Bertz CT molecular complexity index is 962. The molecule has 4 N–H and O–H groups in total. The topological polar surface area (TPSA) is 93.8 Å². The van der Waals surface area contributed by atoms with E-state index < -0.39 is 11.3 Å². The second-order valence-corrected chi connectivity index (χ2v) is 14.7. The molecule has 3 saturated carbocycles. The lowest BCUT2D eigenvalue weighted by Gasteiger charge is -2.44. The maximum absolute atomic E-state index is 12.2. The van der Waals surface area contributed by atoms with Crippen molar-refractivity contribution in [3.05, 3.63) is 35.5 Å². The molecule has 0 bridgehead atoms. The van der Waals surface area contributed by atoms with Crippen LogP contribution < -0.4 is 11.1 Å². The van der Waals surface area contributed by atoms with E-state index in [0.29, 0.717) is 37.0 Å². The number of hydrogen-bond donors (Lipinski definition) is 3. The lowest BCUT2D eigenvalue weighted by molar-refractivity contribution is -0.127. The van der Waals surface area contributed by atoms with E-state index in [0.717, 1.165) is 44.4 Å². The normalized spacial score (nSPS) is 30.8. The van der Waals surface area contributed by atoms with Gasteiger partial charge in [-0.25, -0.2) is 0 Å². The lowest BCUT2D eigenvalue weighted by atomic mass is 9.60. The molecule has 0 saturated heterocycles. The van der Waals surface area contributed by atoms with Crippen molar-refractivity contribution in [2.45, 2.75) is 142 Å². The van der Waals surface area contributed by atoms with E-state index >= 15 is 0 Å². The number of aliphatic hydroxyl groups is 1. The highest BCUT2D eigenvalue weighted by Crippen LogP contribution is 2.60. The summed E-state index contributed by atoms with van der Waals surface area (Å²) in [4.78, 5) is 12.2. The smallest absolute Gasteiger partial charge is 0.224 e. The molecule has 0 aromatic rings. The minimum Gasteiger partial charge on any atom is -0.390 e. The van der Waals surface area contributed by atoms with Crippen LogP contribution in [0.25, 0.3) is 0 Å². The maximum atomic E-state index is 12.2. The van der Waals surface area contributed by atoms with Gasteiger partial charge in [0, 0.05) is 19.8 Å². The SMILES string of the molecule is C=C1CC[C@H](OCCCNC(=O)CC(C)(N)OCC)C/C1=C/C=C1\CCC[C@]2(C)C([C@H](C)CCCC(C)(C)O)CC[C@@H]12. The average Bonchev–Trinajstić information content (AvgIpc) is 3.25. The van der Waals surface area contributed by atoms with Crippen molar-refractivity contribution in [3.63, 3.8) is 0 Å². The largest absolute Gasteiger partial charge is 0.390 e. The molecule has 0 spiro atoms. The van der Waals surface area contributed by atoms with Gasteiger partial charge in [-0.1, -0.05) is 56.6 Å². The molecular weight excluding hydrogens is 524 g/mol. The number of rotatable bonds is 15. The van der Waals surface area contributed by atoms with Crippen LogP contribution in [0.15, 0.2) is 35.5 Å². The van der Waals surface area contributed by atoms with Gasteiger partial charge in [0.15, 0.2) is 0 Å². The van der Waals surface area contributed by atoms with E-state index in [4.69, 9.17) is 15.2 Å². The first-order valence-electron chi connectivity index (χ1n) is 16.9. The Kier molecular flexibility index (Phi) is 12.9. The summed E-state index contributed by atoms with van der Waals surface area (Å²) in [6.07, 6.45) is 18.6. The molecule has 6 atom stereocenters. The fourth-order valence-electron chi connectivity index (χ4n) is 8.11. The van der Waals surface area contributed by atoms with E-state index in [2.05, 4.69) is 37.9 Å². The zero-order valence-electron chi connectivity index (χ0n) is 27.7. The van der Waals surface area contributed by atoms with Gasteiger partial charge in [0.05, 0.1) is 18.1 Å². The van der Waals surface area contributed by atoms with Gasteiger partial charge in [0.25, 0.3) is 0 Å². The van der Waals surface area contributed by atoms with Crippen molar-refractivity contribution >= 4 is 5.91 Å². The van der Waals surface area contributed by atoms with E-state index in [-0.39, 0.29) is 18.4 Å². The summed E-state index contributed by atoms with van der Waals surface area (Å²) in [6, 6.07) is 0. The number of hydrogen-bond acceptors (Lipinski definition) is 5. The number of nitrogens with two attached hydrogens (primary N) is 1. The molecule has 0 aromatic heterocycles. The van der Waals surface area contributed by atoms with E-state index in [1.54, 1.807) is 12.5 Å². The summed E-state index contributed by atoms with van der Waals surface area (Å²) in [6.45, 7) is 18.6. The van der Waals surface area contributed by atoms with Crippen LogP contribution in [-0.2, 0) is 14.3 Å². The quantitative estimate of drug-likeness (QED) is 0.138. The highest BCUT2D eigenvalue weighted by molar-refractivity contribution is 5.76. The Hall–Kier alpha value is -1.47. The fraction of sp³-hybridized carbons (Fsp3) is 0.806. The van der Waals surface area contributed by atoms with Crippen molar-refractivity contribution in [2.24, 2.45) is 28.9 Å². The van der Waals surface area contributed by atoms with Crippen LogP contribution in [0.2, 0.25) is 0 Å². The van der Waals surface area contributed by atoms with Crippen LogP contribution in [0.5, 0.6) is 0 Å². The molecule has 6 nitrogen and oxygen atoms in total. The highest BCUT2D eigenvalue weighted by atomic mass is 16.5. The van der Waals surface area contributed by atoms with Gasteiger partial charge < -0.3 is 25.6 Å². The molecule has 0 aliphatic heterocycles. The molecule has 0 heterocycles. The predicted octanol–water partition coefficient (Wildman–Crippen LogP) is 7.37. The first-order valence-corrected chi connectivity index (χ1v) is 16.9. The Morgan fingerprint density at radius 1 is 1.21 bits per heavy atom. The van der Waals surface area contributed by atoms with Crippen molar-refractivity contribution in [2.75, 3.05) is 19.8 Å². The molecule has 3 aliphatic carbocycles. The van der Waals surface area contributed by atoms with Crippen LogP contribution in [0.3, 0.4) is 0 Å². The highest BCUT2D eigenvalue weighted by Gasteiger charge is 2.50. The molecule has 1 amide bonds. The molecular formula is C36H62N2O4. The molecule has 42 heavy (non-hydrogen) atoms. The van der Waals surface area contributed by atoms with Crippen molar-refractivity contribution < 1.29 is 19.4 Å². The van der Waals surface area contributed by atoms with Crippen molar-refractivity contribution in [1.29, 1.82) is 0 Å². The second kappa shape index (κ2) is 15.5. The van der Waals surface area contributed by atoms with Crippen molar-refractivity contribution in [3.8, 4) is 0 Å². The lowest BCUT2D eigenvalue weighted by Crippen LogP contribution is -2.44. The summed E-state index contributed by atoms with van der Waals surface area (Å²) in [7, 11) is 0. The van der Waals surface area contributed by atoms with Crippen LogP contribution in [0, 0.1) is 23.2 Å². The molecule has 0 aromatic carbocycles. The third kappa shape index (κ3) is 10.3. The summed E-state index contributed by atoms with van der Waals surface area (Å²) in [5.74, 6) is 2.08. The molecule has 3 rings (SSSR count). The van der Waals surface area contributed by atoms with Gasteiger partial charge in [-0.3, -0.25) is 4.79 Å². The van der Waals surface area contributed by atoms with Gasteiger partial charge >= 0.3 is 0 Å². The molecule has 240 valence electrons. The summed E-state index contributed by atoms with van der Waals surface area (Å²) < 4.78 is 11.6. The summed E-state index contributed by atoms with van der Waals surface area (Å²) in [5.41, 5.74) is 9.15. The number of amides is 1. The zero-order valence-corrected chi connectivity index (χ0v) is 27.7. The Balaban J connectivity index is 1.49. The Morgan fingerprint density at radius 3 is 2.69 bits per heavy atom. The van der Waals surface area contributed by atoms with Gasteiger partial charge in [-0.15, -0.1) is 0 Å². The third-order valence-corrected chi connectivity index (χ3v) is 10.3. The van der Waals surface area contributed by atoms with Crippen LogP contribution in [0.1, 0.15) is 125 Å². The number of nitrogens with one attached hydrogen (secondary N) is 1. The zero-order chi connectivity index (χ0) is 31.0. The molecule has 6 heteroatoms. The van der Waals surface area contributed by atoms with Gasteiger partial charge in [-0.2, -0.15) is 0 Å².